The molecular weight excluding hydrogens is 290 g/mol. The second-order valence-corrected chi connectivity index (χ2v) is 6.44. The molecule has 23 heavy (non-hydrogen) atoms. The molecule has 0 spiro atoms. The molecule has 3 amide bonds. The highest BCUT2D eigenvalue weighted by Gasteiger charge is 2.30. The number of carbonyl (C=O) groups excluding carboxylic acids is 2. The summed E-state index contributed by atoms with van der Waals surface area (Å²) in [6, 6.07) is 9.86. The standard InChI is InChI=1S/C18H25N3O2/c22-17(16-8-4-5-9-16)20-10-12-21(13-11-20)18(23)19-14-15-6-2-1-3-7-15/h1-3,6-7,16H,4-5,8-14H2,(H,19,23). The molecule has 0 bridgehead atoms. The maximum Gasteiger partial charge on any atom is 0.317 e. The maximum absolute atomic E-state index is 12.4. The largest absolute Gasteiger partial charge is 0.339 e. The van der Waals surface area contributed by atoms with Gasteiger partial charge in [0.1, 0.15) is 0 Å². The van der Waals surface area contributed by atoms with Gasteiger partial charge in [0.05, 0.1) is 0 Å². The second-order valence-electron chi connectivity index (χ2n) is 6.44. The monoisotopic (exact) mass is 315 g/mol. The summed E-state index contributed by atoms with van der Waals surface area (Å²) in [5.74, 6) is 0.528. The third kappa shape index (κ3) is 4.03. The van der Waals surface area contributed by atoms with Crippen molar-refractivity contribution in [2.75, 3.05) is 26.2 Å². The molecule has 0 radical (unpaired) electrons. The highest BCUT2D eigenvalue weighted by molar-refractivity contribution is 5.80. The van der Waals surface area contributed by atoms with Crippen molar-refractivity contribution < 1.29 is 9.59 Å². The molecule has 1 aliphatic heterocycles. The maximum atomic E-state index is 12.4. The van der Waals surface area contributed by atoms with Crippen LogP contribution in [0.25, 0.3) is 0 Å². The Bertz CT molecular complexity index is 532. The van der Waals surface area contributed by atoms with Gasteiger partial charge in [-0.05, 0) is 18.4 Å². The Balaban J connectivity index is 1.43. The third-order valence-corrected chi connectivity index (χ3v) is 4.87. The number of benzene rings is 1. The van der Waals surface area contributed by atoms with Crippen molar-refractivity contribution in [1.82, 2.24) is 15.1 Å². The molecule has 0 atom stereocenters. The first-order chi connectivity index (χ1) is 11.2. The zero-order valence-corrected chi connectivity index (χ0v) is 13.5. The number of nitrogens with zero attached hydrogens (tertiary/aromatic N) is 2. The van der Waals surface area contributed by atoms with Gasteiger partial charge in [0.15, 0.2) is 0 Å². The molecule has 0 aromatic heterocycles. The summed E-state index contributed by atoms with van der Waals surface area (Å²) in [6.07, 6.45) is 4.43. The molecule has 3 rings (SSSR count). The molecule has 1 saturated heterocycles. The van der Waals surface area contributed by atoms with Crippen LogP contribution in [0.3, 0.4) is 0 Å². The number of carbonyl (C=O) groups is 2. The summed E-state index contributed by atoms with van der Waals surface area (Å²) in [7, 11) is 0. The predicted molar refractivity (Wildman–Crippen MR) is 88.8 cm³/mol. The fourth-order valence-corrected chi connectivity index (χ4v) is 3.45. The highest BCUT2D eigenvalue weighted by Crippen LogP contribution is 2.26. The lowest BCUT2D eigenvalue weighted by Crippen LogP contribution is -2.53. The predicted octanol–water partition coefficient (Wildman–Crippen LogP) is 2.23. The zero-order valence-electron chi connectivity index (χ0n) is 13.5. The summed E-state index contributed by atoms with van der Waals surface area (Å²) >= 11 is 0. The van der Waals surface area contributed by atoms with E-state index < -0.39 is 0 Å². The molecule has 2 fully saturated rings. The molecule has 124 valence electrons. The SMILES string of the molecule is O=C(NCc1ccccc1)N1CCN(C(=O)C2CCCC2)CC1. The van der Waals surface area contributed by atoms with Crippen LogP contribution >= 0.6 is 0 Å². The van der Waals surface area contributed by atoms with E-state index in [0.29, 0.717) is 38.6 Å². The Morgan fingerprint density at radius 2 is 1.57 bits per heavy atom. The van der Waals surface area contributed by atoms with Crippen molar-refractivity contribution >= 4 is 11.9 Å². The summed E-state index contributed by atoms with van der Waals surface area (Å²) in [5, 5.41) is 2.95. The molecule has 1 aromatic carbocycles. The number of piperazine rings is 1. The lowest BCUT2D eigenvalue weighted by molar-refractivity contribution is -0.136. The molecule has 1 aromatic rings. The van der Waals surface area contributed by atoms with E-state index in [2.05, 4.69) is 5.32 Å². The van der Waals surface area contributed by atoms with Crippen LogP contribution in [0.2, 0.25) is 0 Å². The smallest absolute Gasteiger partial charge is 0.317 e. The van der Waals surface area contributed by atoms with Gasteiger partial charge >= 0.3 is 6.03 Å². The molecule has 1 N–H and O–H groups in total. The fraction of sp³-hybridized carbons (Fsp3) is 0.556. The van der Waals surface area contributed by atoms with E-state index >= 15 is 0 Å². The molecule has 1 heterocycles. The van der Waals surface area contributed by atoms with Crippen molar-refractivity contribution in [1.29, 1.82) is 0 Å². The second kappa shape index (κ2) is 7.49. The summed E-state index contributed by atoms with van der Waals surface area (Å²) in [6.45, 7) is 3.11. The Labute approximate surface area is 137 Å². The molecule has 5 nitrogen and oxygen atoms in total. The Kier molecular flexibility index (Phi) is 5.16. The van der Waals surface area contributed by atoms with Crippen molar-refractivity contribution in [2.24, 2.45) is 5.92 Å². The number of rotatable bonds is 3. The first-order valence-corrected chi connectivity index (χ1v) is 8.59. The normalized spacial score (nSPS) is 19.0. The van der Waals surface area contributed by atoms with Crippen LogP contribution in [-0.2, 0) is 11.3 Å². The third-order valence-electron chi connectivity index (χ3n) is 4.87. The average molecular weight is 315 g/mol. The van der Waals surface area contributed by atoms with Crippen LogP contribution < -0.4 is 5.32 Å². The van der Waals surface area contributed by atoms with E-state index in [1.165, 1.54) is 12.8 Å². The number of hydrogen-bond acceptors (Lipinski definition) is 2. The Hall–Kier alpha value is -2.04. The van der Waals surface area contributed by atoms with Crippen LogP contribution in [0.1, 0.15) is 31.2 Å². The highest BCUT2D eigenvalue weighted by atomic mass is 16.2. The molecular formula is C18H25N3O2. The summed E-state index contributed by atoms with van der Waals surface area (Å²) < 4.78 is 0. The van der Waals surface area contributed by atoms with E-state index in [1.54, 1.807) is 4.90 Å². The zero-order chi connectivity index (χ0) is 16.1. The molecule has 1 aliphatic carbocycles. The van der Waals surface area contributed by atoms with Gasteiger partial charge in [0, 0.05) is 38.6 Å². The Morgan fingerprint density at radius 1 is 0.957 bits per heavy atom. The number of nitrogens with one attached hydrogen (secondary N) is 1. The average Bonchev–Trinajstić information content (AvgIpc) is 3.15. The summed E-state index contributed by atoms with van der Waals surface area (Å²) in [5.41, 5.74) is 1.09. The fourth-order valence-electron chi connectivity index (χ4n) is 3.45. The van der Waals surface area contributed by atoms with Gasteiger partial charge in [-0.25, -0.2) is 4.79 Å². The van der Waals surface area contributed by atoms with E-state index in [9.17, 15) is 9.59 Å². The molecule has 0 unspecified atom stereocenters. The Morgan fingerprint density at radius 3 is 2.22 bits per heavy atom. The van der Waals surface area contributed by atoms with Crippen LogP contribution in [-0.4, -0.2) is 47.9 Å². The van der Waals surface area contributed by atoms with Gasteiger partial charge in [-0.2, -0.15) is 0 Å². The van der Waals surface area contributed by atoms with Crippen molar-refractivity contribution in [3.63, 3.8) is 0 Å². The van der Waals surface area contributed by atoms with Gasteiger partial charge < -0.3 is 15.1 Å². The van der Waals surface area contributed by atoms with Gasteiger partial charge in [-0.3, -0.25) is 4.79 Å². The summed E-state index contributed by atoms with van der Waals surface area (Å²) in [4.78, 5) is 28.4. The number of hydrogen-bond donors (Lipinski definition) is 1. The van der Waals surface area contributed by atoms with Gasteiger partial charge in [0.2, 0.25) is 5.91 Å². The minimum absolute atomic E-state index is 0.0400. The van der Waals surface area contributed by atoms with Crippen LogP contribution in [0.4, 0.5) is 4.79 Å². The van der Waals surface area contributed by atoms with E-state index in [-0.39, 0.29) is 11.9 Å². The molecule has 1 saturated carbocycles. The van der Waals surface area contributed by atoms with E-state index in [1.807, 2.05) is 35.2 Å². The molecule has 5 heteroatoms. The van der Waals surface area contributed by atoms with E-state index in [4.69, 9.17) is 0 Å². The first kappa shape index (κ1) is 15.8. The minimum atomic E-state index is -0.0400. The van der Waals surface area contributed by atoms with E-state index in [0.717, 1.165) is 18.4 Å². The lowest BCUT2D eigenvalue weighted by Gasteiger charge is -2.36. The number of urea groups is 1. The lowest BCUT2D eigenvalue weighted by atomic mass is 10.1. The topological polar surface area (TPSA) is 52.7 Å². The van der Waals surface area contributed by atoms with Crippen LogP contribution in [0.5, 0.6) is 0 Å². The van der Waals surface area contributed by atoms with Crippen LogP contribution in [0.15, 0.2) is 30.3 Å². The van der Waals surface area contributed by atoms with Gasteiger partial charge in [-0.15, -0.1) is 0 Å². The van der Waals surface area contributed by atoms with Crippen molar-refractivity contribution in [3.8, 4) is 0 Å². The minimum Gasteiger partial charge on any atom is -0.339 e. The van der Waals surface area contributed by atoms with Crippen molar-refractivity contribution in [3.05, 3.63) is 35.9 Å². The quantitative estimate of drug-likeness (QED) is 0.930. The van der Waals surface area contributed by atoms with Crippen molar-refractivity contribution in [2.45, 2.75) is 32.2 Å². The van der Waals surface area contributed by atoms with Crippen LogP contribution in [0, 0.1) is 5.92 Å². The number of amides is 3. The molecule has 2 aliphatic rings. The van der Waals surface area contributed by atoms with Gasteiger partial charge in [0.25, 0.3) is 0 Å². The first-order valence-electron chi connectivity index (χ1n) is 8.59. The van der Waals surface area contributed by atoms with Gasteiger partial charge in [-0.1, -0.05) is 43.2 Å².